The molecule has 6 nitrogen and oxygen atoms in total. The van der Waals surface area contributed by atoms with Crippen LogP contribution < -0.4 is 0 Å². The molecule has 0 aliphatic carbocycles. The summed E-state index contributed by atoms with van der Waals surface area (Å²) in [5.41, 5.74) is -2.01. The number of thioether (sulfide) groups is 1. The summed E-state index contributed by atoms with van der Waals surface area (Å²) in [6.07, 6.45) is 1.83. The third-order valence-electron chi connectivity index (χ3n) is 4.82. The highest BCUT2D eigenvalue weighted by Crippen LogP contribution is 2.30. The number of halogens is 1. The summed E-state index contributed by atoms with van der Waals surface area (Å²) < 4.78 is 14.2. The van der Waals surface area contributed by atoms with E-state index in [-0.39, 0.29) is 24.6 Å². The van der Waals surface area contributed by atoms with Crippen LogP contribution in [-0.4, -0.2) is 70.3 Å². The van der Waals surface area contributed by atoms with Crippen molar-refractivity contribution < 1.29 is 23.9 Å². The summed E-state index contributed by atoms with van der Waals surface area (Å²) in [6.45, 7) is 1.17. The number of benzene rings is 1. The van der Waals surface area contributed by atoms with E-state index in [4.69, 9.17) is 5.11 Å². The summed E-state index contributed by atoms with van der Waals surface area (Å²) in [4.78, 5) is 39.7. The number of carbonyl (C=O) groups is 3. The van der Waals surface area contributed by atoms with Gasteiger partial charge in [-0.05, 0) is 25.0 Å². The van der Waals surface area contributed by atoms with Crippen molar-refractivity contribution in [3.63, 3.8) is 0 Å². The van der Waals surface area contributed by atoms with Crippen LogP contribution in [0.25, 0.3) is 0 Å². The number of amides is 2. The molecule has 0 spiro atoms. The second-order valence-electron chi connectivity index (χ2n) is 6.62. The lowest BCUT2D eigenvalue weighted by Crippen LogP contribution is -2.39. The lowest BCUT2D eigenvalue weighted by Gasteiger charge is -2.19. The first-order chi connectivity index (χ1) is 12.4. The van der Waals surface area contributed by atoms with Crippen molar-refractivity contribution in [3.05, 3.63) is 29.8 Å². The summed E-state index contributed by atoms with van der Waals surface area (Å²) in [6, 6.07) is 6.87. The van der Waals surface area contributed by atoms with Gasteiger partial charge in [-0.2, -0.15) is 0 Å². The van der Waals surface area contributed by atoms with Gasteiger partial charge >= 0.3 is 5.97 Å². The Balaban J connectivity index is 1.68. The molecule has 2 aliphatic rings. The molecule has 0 saturated carbocycles. The molecule has 0 aromatic heterocycles. The number of nitrogens with zero attached hydrogens (tertiary/aromatic N) is 2. The molecule has 0 bridgehead atoms. The third kappa shape index (κ3) is 3.85. The number of carbonyl (C=O) groups excluding carboxylic acids is 2. The van der Waals surface area contributed by atoms with Crippen LogP contribution in [0.15, 0.2) is 29.2 Å². The van der Waals surface area contributed by atoms with Crippen LogP contribution in [-0.2, 0) is 9.59 Å². The van der Waals surface area contributed by atoms with Gasteiger partial charge < -0.3 is 14.9 Å². The summed E-state index contributed by atoms with van der Waals surface area (Å²) in [5, 5.41) is 8.99. The molecule has 26 heavy (non-hydrogen) atoms. The van der Waals surface area contributed by atoms with Gasteiger partial charge in [0, 0.05) is 31.0 Å². The minimum absolute atomic E-state index is 0.0459. The number of rotatable bonds is 5. The fourth-order valence-corrected chi connectivity index (χ4v) is 4.20. The van der Waals surface area contributed by atoms with Gasteiger partial charge in [0.05, 0.1) is 17.9 Å². The lowest BCUT2D eigenvalue weighted by atomic mass is 10.1. The Kier molecular flexibility index (Phi) is 5.50. The Hall–Kier alpha value is -2.09. The molecule has 1 aromatic carbocycles. The molecule has 2 aliphatic heterocycles. The number of hydrogen-bond donors (Lipinski definition) is 1. The average molecular weight is 380 g/mol. The number of aliphatic carboxylic acids is 1. The Morgan fingerprint density at radius 2 is 1.81 bits per heavy atom. The first-order valence-electron chi connectivity index (χ1n) is 8.62. The number of hydrogen-bond acceptors (Lipinski definition) is 4. The minimum Gasteiger partial charge on any atom is -0.479 e. The number of carboxylic acids is 1. The lowest BCUT2D eigenvalue weighted by molar-refractivity contribution is -0.149. The topological polar surface area (TPSA) is 77.9 Å². The highest BCUT2D eigenvalue weighted by Gasteiger charge is 2.47. The van der Waals surface area contributed by atoms with E-state index in [1.807, 2.05) is 4.90 Å². The third-order valence-corrected chi connectivity index (χ3v) is 5.88. The summed E-state index contributed by atoms with van der Waals surface area (Å²) in [5.74, 6) is -1.65. The van der Waals surface area contributed by atoms with Crippen LogP contribution in [0.2, 0.25) is 0 Å². The Morgan fingerprint density at radius 1 is 1.12 bits per heavy atom. The molecular formula is C18H21FN2O4S. The van der Waals surface area contributed by atoms with Crippen molar-refractivity contribution in [3.8, 4) is 0 Å². The number of alkyl halides is 1. The molecule has 8 heteroatoms. The van der Waals surface area contributed by atoms with Crippen LogP contribution in [0.1, 0.15) is 29.6 Å². The fourth-order valence-electron chi connectivity index (χ4n) is 3.26. The molecule has 3 rings (SSSR count). The standard InChI is InChI=1S/C18H21FN2O4S/c19-18(17(24)25)7-10-21(12-18)16(23)13-5-1-2-6-14(13)26-11-15(22)20-8-3-4-9-20/h1-2,5-6H,3-4,7-12H2,(H,24,25). The highest BCUT2D eigenvalue weighted by atomic mass is 32.2. The van der Waals surface area contributed by atoms with Crippen molar-refractivity contribution in [1.29, 1.82) is 0 Å². The molecule has 2 heterocycles. The molecule has 1 aromatic rings. The Labute approximate surface area is 155 Å². The van der Waals surface area contributed by atoms with E-state index < -0.39 is 24.1 Å². The van der Waals surface area contributed by atoms with E-state index >= 15 is 0 Å². The predicted octanol–water partition coefficient (Wildman–Crippen LogP) is 2.04. The predicted molar refractivity (Wildman–Crippen MR) is 95.0 cm³/mol. The van der Waals surface area contributed by atoms with Crippen LogP contribution in [0.5, 0.6) is 0 Å². The molecule has 2 fully saturated rings. The van der Waals surface area contributed by atoms with Gasteiger partial charge in [0.2, 0.25) is 11.6 Å². The van der Waals surface area contributed by atoms with Gasteiger partial charge in [-0.3, -0.25) is 9.59 Å². The molecule has 2 saturated heterocycles. The fraction of sp³-hybridized carbons (Fsp3) is 0.500. The minimum atomic E-state index is -2.39. The molecule has 140 valence electrons. The molecule has 1 atom stereocenters. The van der Waals surface area contributed by atoms with Gasteiger partial charge in [0.1, 0.15) is 0 Å². The van der Waals surface area contributed by atoms with E-state index in [1.54, 1.807) is 24.3 Å². The highest BCUT2D eigenvalue weighted by molar-refractivity contribution is 8.00. The van der Waals surface area contributed by atoms with Crippen molar-refractivity contribution in [2.75, 3.05) is 31.9 Å². The van der Waals surface area contributed by atoms with E-state index in [9.17, 15) is 18.8 Å². The van der Waals surface area contributed by atoms with Gasteiger partial charge in [0.15, 0.2) is 0 Å². The van der Waals surface area contributed by atoms with E-state index in [1.165, 1.54) is 16.7 Å². The van der Waals surface area contributed by atoms with Crippen LogP contribution in [0.4, 0.5) is 4.39 Å². The zero-order valence-electron chi connectivity index (χ0n) is 14.3. The molecule has 1 unspecified atom stereocenters. The smallest absolute Gasteiger partial charge is 0.343 e. The second-order valence-corrected chi connectivity index (χ2v) is 7.64. The summed E-state index contributed by atoms with van der Waals surface area (Å²) >= 11 is 1.29. The Morgan fingerprint density at radius 3 is 2.46 bits per heavy atom. The zero-order chi connectivity index (χ0) is 18.7. The number of likely N-dealkylation sites (tertiary alicyclic amines) is 2. The van der Waals surface area contributed by atoms with Gasteiger partial charge in [-0.15, -0.1) is 11.8 Å². The zero-order valence-corrected chi connectivity index (χ0v) is 15.1. The SMILES string of the molecule is O=C(CSc1ccccc1C(=O)N1CCC(F)(C(=O)O)C1)N1CCCC1. The van der Waals surface area contributed by atoms with Gasteiger partial charge in [0.25, 0.3) is 5.91 Å². The quantitative estimate of drug-likeness (QED) is 0.791. The van der Waals surface area contributed by atoms with Crippen LogP contribution in [0, 0.1) is 0 Å². The molecular weight excluding hydrogens is 359 g/mol. The van der Waals surface area contributed by atoms with Crippen molar-refractivity contribution in [1.82, 2.24) is 9.80 Å². The van der Waals surface area contributed by atoms with Crippen molar-refractivity contribution in [2.45, 2.75) is 29.8 Å². The van der Waals surface area contributed by atoms with Crippen LogP contribution in [0.3, 0.4) is 0 Å². The normalized spacial score (nSPS) is 22.7. The average Bonchev–Trinajstić information content (AvgIpc) is 3.30. The van der Waals surface area contributed by atoms with Crippen LogP contribution >= 0.6 is 11.8 Å². The maximum absolute atomic E-state index is 14.2. The first kappa shape index (κ1) is 18.7. The largest absolute Gasteiger partial charge is 0.479 e. The number of carboxylic acid groups (broad SMARTS) is 1. The Bertz CT molecular complexity index is 723. The van der Waals surface area contributed by atoms with E-state index in [2.05, 4.69) is 0 Å². The summed E-state index contributed by atoms with van der Waals surface area (Å²) in [7, 11) is 0. The maximum atomic E-state index is 14.2. The maximum Gasteiger partial charge on any atom is 0.343 e. The first-order valence-corrected chi connectivity index (χ1v) is 9.60. The monoisotopic (exact) mass is 380 g/mol. The molecule has 2 amide bonds. The van der Waals surface area contributed by atoms with Gasteiger partial charge in [-0.1, -0.05) is 12.1 Å². The van der Waals surface area contributed by atoms with E-state index in [0.29, 0.717) is 10.5 Å². The molecule has 1 N–H and O–H groups in total. The van der Waals surface area contributed by atoms with E-state index in [0.717, 1.165) is 25.9 Å². The van der Waals surface area contributed by atoms with Crippen molar-refractivity contribution >= 4 is 29.5 Å². The van der Waals surface area contributed by atoms with Gasteiger partial charge in [-0.25, -0.2) is 9.18 Å². The molecule has 0 radical (unpaired) electrons. The second kappa shape index (κ2) is 7.65. The van der Waals surface area contributed by atoms with Crippen molar-refractivity contribution in [2.24, 2.45) is 0 Å².